The molecule has 11 heteroatoms. The molecule has 30 heavy (non-hydrogen) atoms. The third-order valence-electron chi connectivity index (χ3n) is 4.08. The molecule has 0 saturated heterocycles. The van der Waals surface area contributed by atoms with Crippen molar-refractivity contribution in [3.05, 3.63) is 98.6 Å². The summed E-state index contributed by atoms with van der Waals surface area (Å²) in [6.07, 6.45) is 6.54. The lowest BCUT2D eigenvalue weighted by Crippen LogP contribution is -2.25. The van der Waals surface area contributed by atoms with Crippen LogP contribution in [0, 0.1) is 10.1 Å². The monoisotopic (exact) mass is 424 g/mol. The van der Waals surface area contributed by atoms with Crippen LogP contribution < -0.4 is 5.48 Å². The topological polar surface area (TPSA) is 134 Å². The summed E-state index contributed by atoms with van der Waals surface area (Å²) in [4.78, 5) is 43.8. The van der Waals surface area contributed by atoms with Crippen LogP contribution in [-0.4, -0.2) is 32.7 Å². The van der Waals surface area contributed by atoms with E-state index in [9.17, 15) is 24.9 Å². The molecule has 3 aliphatic rings. The van der Waals surface area contributed by atoms with Crippen LogP contribution in [0.2, 0.25) is 0 Å². The molecule has 0 radical (unpaired) electrons. The van der Waals surface area contributed by atoms with Gasteiger partial charge in [-0.1, -0.05) is 30.0 Å². The summed E-state index contributed by atoms with van der Waals surface area (Å²) in [6, 6.07) is 9.43. The summed E-state index contributed by atoms with van der Waals surface area (Å²) in [5, 5.41) is 22.5. The Bertz CT molecular complexity index is 1150. The van der Waals surface area contributed by atoms with E-state index in [-0.39, 0.29) is 17.3 Å². The molecule has 10 nitrogen and oxygen atoms in total. The molecule has 150 valence electrons. The van der Waals surface area contributed by atoms with Gasteiger partial charge in [-0.05, 0) is 24.3 Å². The zero-order valence-corrected chi connectivity index (χ0v) is 15.8. The summed E-state index contributed by atoms with van der Waals surface area (Å²) in [5.41, 5.74) is 2.29. The number of Topliss-reactive ketones (excluding diaryl/α,β-unsaturated/α-hetero) is 1. The molecule has 0 atom stereocenters. The molecular weight excluding hydrogens is 412 g/mol. The van der Waals surface area contributed by atoms with Gasteiger partial charge in [0.05, 0.1) is 10.5 Å². The van der Waals surface area contributed by atoms with E-state index in [4.69, 9.17) is 4.84 Å². The number of nitro groups is 1. The number of nitrogens with zero attached hydrogens (tertiary/aromatic N) is 3. The number of aliphatic imine (C=N–C) groups is 1. The average molecular weight is 424 g/mol. The highest BCUT2D eigenvalue weighted by atomic mass is 32.2. The Hall–Kier alpha value is -3.96. The van der Waals surface area contributed by atoms with Crippen molar-refractivity contribution in [1.82, 2.24) is 10.5 Å². The van der Waals surface area contributed by atoms with E-state index < -0.39 is 22.2 Å². The zero-order chi connectivity index (χ0) is 21.3. The minimum Gasteiger partial charge on any atom is -0.359 e. The maximum absolute atomic E-state index is 11.7. The first kappa shape index (κ1) is 19.4. The van der Waals surface area contributed by atoms with E-state index in [0.29, 0.717) is 10.6 Å². The highest BCUT2D eigenvalue weighted by Crippen LogP contribution is 2.33. The third-order valence-corrected chi connectivity index (χ3v) is 5.10. The fourth-order valence-corrected chi connectivity index (χ4v) is 3.52. The van der Waals surface area contributed by atoms with Gasteiger partial charge in [0.1, 0.15) is 5.03 Å². The van der Waals surface area contributed by atoms with E-state index in [2.05, 4.69) is 10.5 Å². The molecule has 0 saturated carbocycles. The van der Waals surface area contributed by atoms with Gasteiger partial charge >= 0.3 is 11.5 Å². The molecule has 0 unspecified atom stereocenters. The second-order valence-electron chi connectivity index (χ2n) is 6.06. The van der Waals surface area contributed by atoms with Crippen LogP contribution in [0.4, 0.5) is 0 Å². The van der Waals surface area contributed by atoms with Gasteiger partial charge in [0.15, 0.2) is 5.82 Å². The lowest BCUT2D eigenvalue weighted by Gasteiger charge is -2.19. The Morgan fingerprint density at radius 1 is 1.17 bits per heavy atom. The molecule has 0 amide bonds. The van der Waals surface area contributed by atoms with E-state index in [1.165, 1.54) is 18.0 Å². The fraction of sp³-hybridized carbons (Fsp3) is 0. The van der Waals surface area contributed by atoms with Gasteiger partial charge < -0.3 is 4.84 Å². The number of carbonyl (C=O) groups is 2. The summed E-state index contributed by atoms with van der Waals surface area (Å²) in [6.45, 7) is 0. The van der Waals surface area contributed by atoms with Crippen molar-refractivity contribution in [2.75, 3.05) is 0 Å². The van der Waals surface area contributed by atoms with E-state index in [0.717, 1.165) is 22.1 Å². The Kier molecular flexibility index (Phi) is 5.04. The maximum atomic E-state index is 11.7. The predicted octanol–water partition coefficient (Wildman–Crippen LogP) is 2.22. The maximum Gasteiger partial charge on any atom is 0.321 e. The number of hydrogen-bond donors (Lipinski definition) is 2. The highest BCUT2D eigenvalue weighted by molar-refractivity contribution is 8.03. The summed E-state index contributed by atoms with van der Waals surface area (Å²) < 4.78 is 0. The average Bonchev–Trinajstić information content (AvgIpc) is 3.22. The van der Waals surface area contributed by atoms with Crippen LogP contribution in [0.1, 0.15) is 0 Å². The second-order valence-corrected chi connectivity index (χ2v) is 7.16. The molecule has 0 bridgehead atoms. The number of thioether (sulfide) groups is 1. The number of allylic oxidation sites excluding steroid dienone is 5. The molecule has 1 aromatic carbocycles. The number of rotatable bonds is 4. The highest BCUT2D eigenvalue weighted by Gasteiger charge is 2.34. The molecule has 0 fully saturated rings. The Morgan fingerprint density at radius 2 is 1.93 bits per heavy atom. The number of benzene rings is 1. The van der Waals surface area contributed by atoms with Crippen molar-refractivity contribution < 1.29 is 24.6 Å². The van der Waals surface area contributed by atoms with Gasteiger partial charge in [0, 0.05) is 28.8 Å². The molecule has 1 aromatic rings. The molecule has 2 N–H and O–H groups in total. The summed E-state index contributed by atoms with van der Waals surface area (Å²) in [5.74, 6) is -2.05. The van der Waals surface area contributed by atoms with Crippen molar-refractivity contribution in [3.8, 4) is 0 Å². The predicted molar refractivity (Wildman–Crippen MR) is 105 cm³/mol. The van der Waals surface area contributed by atoms with Gasteiger partial charge in [-0.25, -0.2) is 10.5 Å². The zero-order valence-electron chi connectivity index (χ0n) is 15.0. The van der Waals surface area contributed by atoms with E-state index >= 15 is 0 Å². The molecule has 2 aliphatic heterocycles. The normalized spacial score (nSPS) is 20.8. The molecule has 0 aromatic heterocycles. The van der Waals surface area contributed by atoms with Crippen molar-refractivity contribution in [2.45, 2.75) is 4.90 Å². The number of ketones is 2. The van der Waals surface area contributed by atoms with Crippen molar-refractivity contribution >= 4 is 29.2 Å². The van der Waals surface area contributed by atoms with Gasteiger partial charge in [-0.15, -0.1) is 0 Å². The van der Waals surface area contributed by atoms with E-state index in [1.54, 1.807) is 12.2 Å². The number of nitrogens with one attached hydrogen (secondary N) is 1. The minimum atomic E-state index is -1.20. The Labute approximate surface area is 173 Å². The lowest BCUT2D eigenvalue weighted by molar-refractivity contribution is -0.418. The van der Waals surface area contributed by atoms with Crippen LogP contribution in [0.15, 0.2) is 98.4 Å². The van der Waals surface area contributed by atoms with Crippen LogP contribution in [0.3, 0.4) is 0 Å². The minimum absolute atomic E-state index is 0.000775. The first-order valence-electron chi connectivity index (χ1n) is 8.46. The third kappa shape index (κ3) is 3.79. The smallest absolute Gasteiger partial charge is 0.321 e. The Morgan fingerprint density at radius 3 is 2.67 bits per heavy atom. The van der Waals surface area contributed by atoms with Crippen LogP contribution in [0.5, 0.6) is 0 Å². The van der Waals surface area contributed by atoms with E-state index in [1.807, 2.05) is 30.3 Å². The van der Waals surface area contributed by atoms with Crippen LogP contribution >= 0.6 is 11.8 Å². The molecule has 4 rings (SSSR count). The number of carbonyl (C=O) groups excluding carboxylic acids is 2. The van der Waals surface area contributed by atoms with Crippen LogP contribution in [0.25, 0.3) is 0 Å². The summed E-state index contributed by atoms with van der Waals surface area (Å²) in [7, 11) is 0. The fourth-order valence-electron chi connectivity index (χ4n) is 2.64. The molecule has 0 spiro atoms. The largest absolute Gasteiger partial charge is 0.359 e. The van der Waals surface area contributed by atoms with Crippen molar-refractivity contribution in [1.29, 1.82) is 0 Å². The molecule has 1 aliphatic carbocycles. The second kappa shape index (κ2) is 7.81. The van der Waals surface area contributed by atoms with Crippen molar-refractivity contribution in [2.24, 2.45) is 4.99 Å². The van der Waals surface area contributed by atoms with Gasteiger partial charge in [0.25, 0.3) is 5.90 Å². The SMILES string of the molecule is O=C1C=C(C2=NC(=C3C=CN(O)C(Sc4ccccc4)=C3)NO2)C=C([N+](=O)[O-])C1=O. The first-order valence-corrected chi connectivity index (χ1v) is 9.27. The molecular formula is C19H12N4O6S. The van der Waals surface area contributed by atoms with Crippen LogP contribution in [-0.2, 0) is 14.4 Å². The number of hydroxylamine groups is 3. The number of hydrogen-bond acceptors (Lipinski definition) is 10. The lowest BCUT2D eigenvalue weighted by atomic mass is 10.0. The summed E-state index contributed by atoms with van der Waals surface area (Å²) >= 11 is 1.32. The van der Waals surface area contributed by atoms with Gasteiger partial charge in [-0.2, -0.15) is 4.99 Å². The first-order chi connectivity index (χ1) is 14.4. The van der Waals surface area contributed by atoms with Gasteiger partial charge in [-0.3, -0.25) is 24.9 Å². The quantitative estimate of drug-likeness (QED) is 0.323. The van der Waals surface area contributed by atoms with Gasteiger partial charge in [0.2, 0.25) is 5.78 Å². The van der Waals surface area contributed by atoms with Crippen molar-refractivity contribution in [3.63, 3.8) is 0 Å². The molecule has 2 heterocycles. The Balaban J connectivity index is 1.64. The standard InChI is InChI=1S/C19H12N4O6S/c24-15-9-12(8-14(17(15)25)23(27)28)19-20-18(21-29-19)11-6-7-22(26)16(10-11)30-13-4-2-1-3-5-13/h1-10,21,26H.